The largest absolute Gasteiger partial charge is 0.493 e. The Bertz CT molecular complexity index is 455. The second-order valence-corrected chi connectivity index (χ2v) is 5.32. The van der Waals surface area contributed by atoms with Crippen molar-refractivity contribution in [2.75, 3.05) is 14.2 Å². The molecule has 0 spiro atoms. The van der Waals surface area contributed by atoms with E-state index in [4.69, 9.17) is 9.47 Å². The molecular formula is C16H22O3. The Hall–Kier alpha value is -1.51. The number of rotatable bonds is 4. The van der Waals surface area contributed by atoms with Crippen LogP contribution in [-0.2, 0) is 11.2 Å². The predicted molar refractivity (Wildman–Crippen MR) is 75.0 cm³/mol. The molecule has 1 saturated carbocycles. The lowest BCUT2D eigenvalue weighted by Gasteiger charge is -2.22. The molecule has 0 saturated heterocycles. The van der Waals surface area contributed by atoms with Gasteiger partial charge in [-0.1, -0.05) is 0 Å². The maximum absolute atomic E-state index is 11.3. The Morgan fingerprint density at radius 2 is 1.68 bits per heavy atom. The first kappa shape index (κ1) is 13.9. The van der Waals surface area contributed by atoms with Gasteiger partial charge in [0, 0.05) is 12.8 Å². The van der Waals surface area contributed by atoms with Gasteiger partial charge in [-0.25, -0.2) is 0 Å². The van der Waals surface area contributed by atoms with Crippen molar-refractivity contribution < 1.29 is 14.3 Å². The average Bonchev–Trinajstić information content (AvgIpc) is 2.43. The molecule has 3 heteroatoms. The first-order valence-electron chi connectivity index (χ1n) is 6.87. The van der Waals surface area contributed by atoms with Gasteiger partial charge in [0.15, 0.2) is 11.5 Å². The van der Waals surface area contributed by atoms with E-state index in [0.717, 1.165) is 43.6 Å². The molecular weight excluding hydrogens is 240 g/mol. The Kier molecular flexibility index (Phi) is 4.46. The fourth-order valence-electron chi connectivity index (χ4n) is 2.76. The second kappa shape index (κ2) is 6.09. The molecule has 0 bridgehead atoms. The maximum atomic E-state index is 11.3. The number of ketones is 1. The van der Waals surface area contributed by atoms with Crippen molar-refractivity contribution in [2.24, 2.45) is 5.92 Å². The third-order valence-electron chi connectivity index (χ3n) is 4.01. The number of aryl methyl sites for hydroxylation is 1. The first-order chi connectivity index (χ1) is 9.13. The van der Waals surface area contributed by atoms with Gasteiger partial charge in [0.05, 0.1) is 14.2 Å². The minimum Gasteiger partial charge on any atom is -0.493 e. The molecule has 0 heterocycles. The van der Waals surface area contributed by atoms with E-state index in [-0.39, 0.29) is 0 Å². The third kappa shape index (κ3) is 3.28. The highest BCUT2D eigenvalue weighted by Gasteiger charge is 2.20. The normalized spacial score (nSPS) is 16.5. The van der Waals surface area contributed by atoms with Crippen LogP contribution in [0.15, 0.2) is 12.1 Å². The summed E-state index contributed by atoms with van der Waals surface area (Å²) in [6, 6.07) is 4.10. The highest BCUT2D eigenvalue weighted by Crippen LogP contribution is 2.33. The standard InChI is InChI=1S/C16H22O3/c1-11-8-15(18-2)16(19-3)10-13(11)9-12-4-6-14(17)7-5-12/h8,10,12H,4-7,9H2,1-3H3. The molecule has 0 atom stereocenters. The third-order valence-corrected chi connectivity index (χ3v) is 4.01. The van der Waals surface area contributed by atoms with Crippen molar-refractivity contribution in [1.29, 1.82) is 0 Å². The SMILES string of the molecule is COc1cc(C)c(CC2CCC(=O)CC2)cc1OC. The topological polar surface area (TPSA) is 35.5 Å². The molecule has 1 aromatic rings. The Balaban J connectivity index is 2.13. The van der Waals surface area contributed by atoms with Crippen molar-refractivity contribution in [3.05, 3.63) is 23.3 Å². The molecule has 104 valence electrons. The lowest BCUT2D eigenvalue weighted by atomic mass is 9.83. The number of benzene rings is 1. The van der Waals surface area contributed by atoms with Gasteiger partial charge in [0.1, 0.15) is 5.78 Å². The van der Waals surface area contributed by atoms with Crippen LogP contribution in [0.3, 0.4) is 0 Å². The van der Waals surface area contributed by atoms with Gasteiger partial charge >= 0.3 is 0 Å². The zero-order chi connectivity index (χ0) is 13.8. The summed E-state index contributed by atoms with van der Waals surface area (Å²) in [6.07, 6.45) is 4.56. The molecule has 0 radical (unpaired) electrons. The van der Waals surface area contributed by atoms with Crippen molar-refractivity contribution in [2.45, 2.75) is 39.0 Å². The molecule has 0 N–H and O–H groups in total. The maximum Gasteiger partial charge on any atom is 0.161 e. The first-order valence-corrected chi connectivity index (χ1v) is 6.87. The molecule has 0 aromatic heterocycles. The lowest BCUT2D eigenvalue weighted by Crippen LogP contribution is -2.16. The summed E-state index contributed by atoms with van der Waals surface area (Å²) >= 11 is 0. The summed E-state index contributed by atoms with van der Waals surface area (Å²) < 4.78 is 10.7. The van der Waals surface area contributed by atoms with E-state index in [2.05, 4.69) is 13.0 Å². The molecule has 0 unspecified atom stereocenters. The van der Waals surface area contributed by atoms with Gasteiger partial charge in [0.25, 0.3) is 0 Å². The molecule has 1 aromatic carbocycles. The summed E-state index contributed by atoms with van der Waals surface area (Å²) in [7, 11) is 3.32. The molecule has 0 amide bonds. The van der Waals surface area contributed by atoms with Crippen molar-refractivity contribution >= 4 is 5.78 Å². The van der Waals surface area contributed by atoms with Gasteiger partial charge in [-0.15, -0.1) is 0 Å². The number of carbonyl (C=O) groups excluding carboxylic acids is 1. The molecule has 3 nitrogen and oxygen atoms in total. The van der Waals surface area contributed by atoms with Crippen molar-refractivity contribution in [1.82, 2.24) is 0 Å². The van der Waals surface area contributed by atoms with Crippen LogP contribution >= 0.6 is 0 Å². The van der Waals surface area contributed by atoms with Gasteiger partial charge < -0.3 is 9.47 Å². The van der Waals surface area contributed by atoms with E-state index >= 15 is 0 Å². The summed E-state index contributed by atoms with van der Waals surface area (Å²) in [6.45, 7) is 2.10. The smallest absolute Gasteiger partial charge is 0.161 e. The van der Waals surface area contributed by atoms with Crippen LogP contribution in [0.1, 0.15) is 36.8 Å². The number of Topliss-reactive ketones (excluding diaryl/α,β-unsaturated/α-hetero) is 1. The van der Waals surface area contributed by atoms with Crippen LogP contribution in [0.25, 0.3) is 0 Å². The number of hydrogen-bond acceptors (Lipinski definition) is 3. The molecule has 1 aliphatic carbocycles. The van der Waals surface area contributed by atoms with Crippen LogP contribution in [0.5, 0.6) is 11.5 Å². The number of ether oxygens (including phenoxy) is 2. The Labute approximate surface area is 114 Å². The zero-order valence-electron chi connectivity index (χ0n) is 12.0. The van der Waals surface area contributed by atoms with E-state index in [1.54, 1.807) is 14.2 Å². The van der Waals surface area contributed by atoms with Crippen molar-refractivity contribution in [3.63, 3.8) is 0 Å². The zero-order valence-corrected chi connectivity index (χ0v) is 12.0. The molecule has 1 fully saturated rings. The Morgan fingerprint density at radius 3 is 2.26 bits per heavy atom. The quantitative estimate of drug-likeness (QED) is 0.835. The number of carbonyl (C=O) groups is 1. The number of hydrogen-bond donors (Lipinski definition) is 0. The van der Waals surface area contributed by atoms with Crippen LogP contribution < -0.4 is 9.47 Å². The van der Waals surface area contributed by atoms with Gasteiger partial charge in [0.2, 0.25) is 0 Å². The lowest BCUT2D eigenvalue weighted by molar-refractivity contribution is -0.121. The van der Waals surface area contributed by atoms with Crippen molar-refractivity contribution in [3.8, 4) is 11.5 Å². The molecule has 0 aliphatic heterocycles. The van der Waals surface area contributed by atoms with Crippen LogP contribution in [0.4, 0.5) is 0 Å². The van der Waals surface area contributed by atoms with Gasteiger partial charge in [-0.2, -0.15) is 0 Å². The van der Waals surface area contributed by atoms with Gasteiger partial charge in [-0.3, -0.25) is 4.79 Å². The highest BCUT2D eigenvalue weighted by molar-refractivity contribution is 5.79. The fraction of sp³-hybridized carbons (Fsp3) is 0.562. The van der Waals surface area contributed by atoms with Gasteiger partial charge in [-0.05, 0) is 55.4 Å². The fourth-order valence-corrected chi connectivity index (χ4v) is 2.76. The Morgan fingerprint density at radius 1 is 1.11 bits per heavy atom. The van der Waals surface area contributed by atoms with E-state index in [0.29, 0.717) is 11.7 Å². The molecule has 19 heavy (non-hydrogen) atoms. The average molecular weight is 262 g/mol. The van der Waals surface area contributed by atoms with E-state index in [9.17, 15) is 4.79 Å². The van der Waals surface area contributed by atoms with Crippen LogP contribution in [0, 0.1) is 12.8 Å². The summed E-state index contributed by atoms with van der Waals surface area (Å²) in [4.78, 5) is 11.3. The predicted octanol–water partition coefficient (Wildman–Crippen LogP) is 3.31. The van der Waals surface area contributed by atoms with E-state index in [1.165, 1.54) is 11.1 Å². The van der Waals surface area contributed by atoms with E-state index < -0.39 is 0 Å². The molecule has 1 aliphatic rings. The highest BCUT2D eigenvalue weighted by atomic mass is 16.5. The summed E-state index contributed by atoms with van der Waals surface area (Å²) in [5.41, 5.74) is 2.53. The van der Waals surface area contributed by atoms with Crippen LogP contribution in [0.2, 0.25) is 0 Å². The summed E-state index contributed by atoms with van der Waals surface area (Å²) in [5, 5.41) is 0. The minimum absolute atomic E-state index is 0.417. The minimum atomic E-state index is 0.417. The molecule has 2 rings (SSSR count). The monoisotopic (exact) mass is 262 g/mol. The summed E-state index contributed by atoms with van der Waals surface area (Å²) in [5.74, 6) is 2.60. The second-order valence-electron chi connectivity index (χ2n) is 5.32. The van der Waals surface area contributed by atoms with E-state index in [1.807, 2.05) is 6.07 Å². The van der Waals surface area contributed by atoms with Crippen LogP contribution in [-0.4, -0.2) is 20.0 Å². The number of methoxy groups -OCH3 is 2.